The third-order valence-corrected chi connectivity index (χ3v) is 4.24. The van der Waals surface area contributed by atoms with Crippen LogP contribution in [0, 0.1) is 0 Å². The standard InChI is InChI=1S/C19H15Cl2NO3.ClH/c20-14-5-7-16(17(21)9-14)18-8-6-15(25-18)11-22-10-12-1-3-13(4-2-12)19(23)24;/h1-9,22H,10-11H2,(H,23,24);1H. The van der Waals surface area contributed by atoms with Crippen LogP contribution in [0.3, 0.4) is 0 Å². The van der Waals surface area contributed by atoms with Crippen molar-refractivity contribution >= 4 is 41.6 Å². The van der Waals surface area contributed by atoms with Crippen LogP contribution in [0.2, 0.25) is 10.0 Å². The van der Waals surface area contributed by atoms with Gasteiger partial charge in [-0.1, -0.05) is 35.3 Å². The molecular weight excluding hydrogens is 397 g/mol. The average molecular weight is 413 g/mol. The Hall–Kier alpha value is -1.98. The van der Waals surface area contributed by atoms with Crippen LogP contribution in [-0.2, 0) is 13.1 Å². The van der Waals surface area contributed by atoms with Crippen molar-refractivity contribution in [2.45, 2.75) is 13.1 Å². The van der Waals surface area contributed by atoms with E-state index in [0.717, 1.165) is 16.9 Å². The molecule has 4 nitrogen and oxygen atoms in total. The summed E-state index contributed by atoms with van der Waals surface area (Å²) in [7, 11) is 0. The highest BCUT2D eigenvalue weighted by molar-refractivity contribution is 6.36. The number of hydrogen-bond acceptors (Lipinski definition) is 3. The van der Waals surface area contributed by atoms with E-state index in [1.807, 2.05) is 18.2 Å². The first-order chi connectivity index (χ1) is 12.0. The molecule has 1 heterocycles. The zero-order valence-corrected chi connectivity index (χ0v) is 15.9. The van der Waals surface area contributed by atoms with Crippen LogP contribution in [0.15, 0.2) is 59.0 Å². The van der Waals surface area contributed by atoms with Gasteiger partial charge in [-0.2, -0.15) is 0 Å². The summed E-state index contributed by atoms with van der Waals surface area (Å²) in [5.74, 6) is 0.538. The van der Waals surface area contributed by atoms with Gasteiger partial charge < -0.3 is 14.8 Å². The first kappa shape index (κ1) is 20.3. The third-order valence-electron chi connectivity index (χ3n) is 3.69. The summed E-state index contributed by atoms with van der Waals surface area (Å²) in [4.78, 5) is 10.8. The van der Waals surface area contributed by atoms with Crippen molar-refractivity contribution in [1.29, 1.82) is 0 Å². The fourth-order valence-electron chi connectivity index (χ4n) is 2.40. The highest BCUT2D eigenvalue weighted by Gasteiger charge is 2.09. The van der Waals surface area contributed by atoms with Crippen LogP contribution in [0.5, 0.6) is 0 Å². The van der Waals surface area contributed by atoms with Gasteiger partial charge in [-0.15, -0.1) is 12.4 Å². The summed E-state index contributed by atoms with van der Waals surface area (Å²) >= 11 is 12.1. The Balaban J connectivity index is 0.00000243. The second-order valence-corrected chi connectivity index (χ2v) is 6.34. The van der Waals surface area contributed by atoms with Crippen molar-refractivity contribution in [1.82, 2.24) is 5.32 Å². The lowest BCUT2D eigenvalue weighted by atomic mass is 10.1. The Morgan fingerprint density at radius 2 is 1.73 bits per heavy atom. The van der Waals surface area contributed by atoms with Gasteiger partial charge in [0.15, 0.2) is 0 Å². The lowest BCUT2D eigenvalue weighted by molar-refractivity contribution is 0.0697. The molecule has 0 saturated heterocycles. The summed E-state index contributed by atoms with van der Waals surface area (Å²) in [6.45, 7) is 1.16. The second kappa shape index (κ2) is 9.10. The number of furan rings is 1. The Labute approximate surface area is 167 Å². The summed E-state index contributed by atoms with van der Waals surface area (Å²) in [5, 5.41) is 13.3. The van der Waals surface area contributed by atoms with E-state index in [2.05, 4.69) is 5.32 Å². The maximum Gasteiger partial charge on any atom is 0.335 e. The molecule has 2 aromatic carbocycles. The molecule has 0 radical (unpaired) electrons. The SMILES string of the molecule is Cl.O=C(O)c1ccc(CNCc2ccc(-c3ccc(Cl)cc3Cl)o2)cc1. The molecule has 0 atom stereocenters. The van der Waals surface area contributed by atoms with E-state index in [-0.39, 0.29) is 18.0 Å². The summed E-state index contributed by atoms with van der Waals surface area (Å²) in [5.41, 5.74) is 2.07. The molecule has 0 spiro atoms. The van der Waals surface area contributed by atoms with Gasteiger partial charge in [0.1, 0.15) is 11.5 Å². The zero-order chi connectivity index (χ0) is 17.8. The van der Waals surface area contributed by atoms with Gasteiger partial charge in [0.2, 0.25) is 0 Å². The van der Waals surface area contributed by atoms with Gasteiger partial charge in [0.25, 0.3) is 0 Å². The molecule has 1 aromatic heterocycles. The molecule has 136 valence electrons. The molecule has 2 N–H and O–H groups in total. The fourth-order valence-corrected chi connectivity index (χ4v) is 2.90. The Kier molecular flexibility index (Phi) is 7.12. The van der Waals surface area contributed by atoms with Gasteiger partial charge in [0, 0.05) is 17.1 Å². The molecule has 0 fully saturated rings. The van der Waals surface area contributed by atoms with Crippen LogP contribution >= 0.6 is 35.6 Å². The van der Waals surface area contributed by atoms with E-state index >= 15 is 0 Å². The number of nitrogens with one attached hydrogen (secondary N) is 1. The Bertz CT molecular complexity index is 891. The number of hydrogen-bond donors (Lipinski definition) is 2. The maximum atomic E-state index is 10.8. The molecule has 0 aliphatic heterocycles. The number of carbonyl (C=O) groups is 1. The molecule has 7 heteroatoms. The minimum Gasteiger partial charge on any atom is -0.478 e. The third kappa shape index (κ3) is 5.02. The number of halogens is 3. The fraction of sp³-hybridized carbons (Fsp3) is 0.105. The highest BCUT2D eigenvalue weighted by atomic mass is 35.5. The molecule has 3 rings (SSSR count). The molecule has 0 aliphatic rings. The van der Waals surface area contributed by atoms with Crippen molar-refractivity contribution in [2.75, 3.05) is 0 Å². The normalized spacial score (nSPS) is 10.4. The van der Waals surface area contributed by atoms with Crippen LogP contribution in [0.25, 0.3) is 11.3 Å². The molecule has 0 bridgehead atoms. The van der Waals surface area contributed by atoms with Crippen molar-refractivity contribution in [3.63, 3.8) is 0 Å². The van der Waals surface area contributed by atoms with Crippen molar-refractivity contribution in [3.8, 4) is 11.3 Å². The number of aromatic carboxylic acids is 1. The van der Waals surface area contributed by atoms with Gasteiger partial charge in [-0.05, 0) is 48.0 Å². The highest BCUT2D eigenvalue weighted by Crippen LogP contribution is 2.31. The predicted octanol–water partition coefficient (Wildman–Crippen LogP) is 5.66. The zero-order valence-electron chi connectivity index (χ0n) is 13.5. The lowest BCUT2D eigenvalue weighted by Gasteiger charge is -2.04. The monoisotopic (exact) mass is 411 g/mol. The van der Waals surface area contributed by atoms with Crippen LogP contribution in [0.1, 0.15) is 21.7 Å². The number of carboxylic acids is 1. The minimum absolute atomic E-state index is 0. The van der Waals surface area contributed by atoms with Crippen molar-refractivity contribution in [3.05, 3.63) is 81.5 Å². The number of benzene rings is 2. The van der Waals surface area contributed by atoms with E-state index in [4.69, 9.17) is 32.7 Å². The van der Waals surface area contributed by atoms with E-state index in [0.29, 0.717) is 28.9 Å². The molecule has 0 unspecified atom stereocenters. The molecule has 0 amide bonds. The van der Waals surface area contributed by atoms with Crippen molar-refractivity contribution in [2.24, 2.45) is 0 Å². The molecule has 0 saturated carbocycles. The van der Waals surface area contributed by atoms with Gasteiger partial charge >= 0.3 is 5.97 Å². The summed E-state index contributed by atoms with van der Waals surface area (Å²) in [6.07, 6.45) is 0. The largest absolute Gasteiger partial charge is 0.478 e. The second-order valence-electron chi connectivity index (χ2n) is 5.50. The smallest absolute Gasteiger partial charge is 0.335 e. The minimum atomic E-state index is -0.927. The molecule has 26 heavy (non-hydrogen) atoms. The maximum absolute atomic E-state index is 10.8. The average Bonchev–Trinajstić information content (AvgIpc) is 3.04. The van der Waals surface area contributed by atoms with Gasteiger partial charge in [0.05, 0.1) is 17.1 Å². The van der Waals surface area contributed by atoms with Crippen LogP contribution < -0.4 is 5.32 Å². The van der Waals surface area contributed by atoms with Crippen LogP contribution in [0.4, 0.5) is 0 Å². The summed E-state index contributed by atoms with van der Waals surface area (Å²) in [6, 6.07) is 15.8. The van der Waals surface area contributed by atoms with Gasteiger partial charge in [-0.3, -0.25) is 0 Å². The molecular formula is C19H16Cl3NO3. The molecule has 0 aliphatic carbocycles. The van der Waals surface area contributed by atoms with E-state index in [1.54, 1.807) is 36.4 Å². The first-order valence-corrected chi connectivity index (χ1v) is 8.35. The summed E-state index contributed by atoms with van der Waals surface area (Å²) < 4.78 is 5.81. The Morgan fingerprint density at radius 1 is 1.00 bits per heavy atom. The lowest BCUT2D eigenvalue weighted by Crippen LogP contribution is -2.12. The quantitative estimate of drug-likeness (QED) is 0.548. The van der Waals surface area contributed by atoms with Crippen LogP contribution in [-0.4, -0.2) is 11.1 Å². The van der Waals surface area contributed by atoms with Crippen molar-refractivity contribution < 1.29 is 14.3 Å². The predicted molar refractivity (Wildman–Crippen MR) is 105 cm³/mol. The topological polar surface area (TPSA) is 62.5 Å². The number of rotatable bonds is 6. The first-order valence-electron chi connectivity index (χ1n) is 7.60. The molecule has 3 aromatic rings. The number of carboxylic acid groups (broad SMARTS) is 1. The van der Waals surface area contributed by atoms with E-state index in [9.17, 15) is 4.79 Å². The van der Waals surface area contributed by atoms with E-state index in [1.165, 1.54) is 0 Å². The van der Waals surface area contributed by atoms with Gasteiger partial charge in [-0.25, -0.2) is 4.79 Å². The van der Waals surface area contributed by atoms with E-state index < -0.39 is 5.97 Å². The Morgan fingerprint density at radius 3 is 2.38 bits per heavy atom.